The molecule has 0 bridgehead atoms. The molecule has 0 saturated carbocycles. The Hall–Kier alpha value is -2.90. The highest BCUT2D eigenvalue weighted by Crippen LogP contribution is 2.26. The number of carbonyl (C=O) groups excluding carboxylic acids is 2. The van der Waals surface area contributed by atoms with Crippen molar-refractivity contribution in [3.63, 3.8) is 0 Å². The molecule has 1 aliphatic heterocycles. The number of allylic oxidation sites excluding steroid dienone is 11. The monoisotopic (exact) mass is 1140 g/mol. The molecule has 0 radical (unpaired) electrons. The van der Waals surface area contributed by atoms with Crippen LogP contribution in [0.1, 0.15) is 297 Å². The van der Waals surface area contributed by atoms with E-state index in [9.17, 15) is 35.1 Å². The van der Waals surface area contributed by atoms with Crippen LogP contribution in [0.2, 0.25) is 0 Å². The van der Waals surface area contributed by atoms with E-state index in [4.69, 9.17) is 14.2 Å². The average Bonchev–Trinajstić information content (AvgIpc) is 3.46. The molecule has 0 aliphatic carbocycles. The Morgan fingerprint density at radius 2 is 0.852 bits per heavy atom. The zero-order chi connectivity index (χ0) is 58.9. The van der Waals surface area contributed by atoms with E-state index < -0.39 is 67.4 Å². The first-order chi connectivity index (χ1) is 39.7. The van der Waals surface area contributed by atoms with Crippen molar-refractivity contribution in [3.05, 3.63) is 72.9 Å². The molecule has 0 aromatic rings. The summed E-state index contributed by atoms with van der Waals surface area (Å²) in [6.45, 7) is 5.75. The molecule has 81 heavy (non-hydrogen) atoms. The minimum atomic E-state index is -1.64. The van der Waals surface area contributed by atoms with Gasteiger partial charge in [-0.3, -0.25) is 9.59 Å². The summed E-state index contributed by atoms with van der Waals surface area (Å²) in [5.74, 6) is -1.25. The largest absolute Gasteiger partial charge is 0.454 e. The third kappa shape index (κ3) is 45.2. The molecule has 0 spiro atoms. The molecule has 11 heteroatoms. The molecule has 1 fully saturated rings. The number of esters is 1. The van der Waals surface area contributed by atoms with Crippen LogP contribution >= 0.6 is 0 Å². The third-order valence-electron chi connectivity index (χ3n) is 15.6. The number of aliphatic hydroxyl groups excluding tert-OH is 5. The highest BCUT2D eigenvalue weighted by Gasteiger charge is 2.47. The lowest BCUT2D eigenvalue weighted by atomic mass is 9.99. The number of nitrogens with one attached hydrogen (secondary N) is 1. The quantitative estimate of drug-likeness (QED) is 0.0195. The lowest BCUT2D eigenvalue weighted by Gasteiger charge is -2.41. The Labute approximate surface area is 496 Å². The molecule has 470 valence electrons. The maximum Gasteiger partial charge on any atom is 0.306 e. The van der Waals surface area contributed by atoms with Gasteiger partial charge in [0.15, 0.2) is 12.4 Å². The topological polar surface area (TPSA) is 175 Å². The number of unbranched alkanes of at least 4 members (excludes halogenated alkanes) is 33. The summed E-state index contributed by atoms with van der Waals surface area (Å²) >= 11 is 0. The zero-order valence-electron chi connectivity index (χ0n) is 52.1. The molecule has 6 N–H and O–H groups in total. The van der Waals surface area contributed by atoms with E-state index in [1.165, 1.54) is 180 Å². The summed E-state index contributed by atoms with van der Waals surface area (Å²) in [5, 5.41) is 57.1. The number of amides is 1. The number of ether oxygens (including phenoxy) is 3. The summed E-state index contributed by atoms with van der Waals surface area (Å²) in [6.07, 6.45) is 63.7. The molecule has 8 unspecified atom stereocenters. The van der Waals surface area contributed by atoms with E-state index in [1.54, 1.807) is 6.08 Å². The average molecular weight is 1140 g/mol. The Balaban J connectivity index is 2.66. The van der Waals surface area contributed by atoms with Crippen molar-refractivity contribution >= 4 is 11.9 Å². The number of hydrogen-bond acceptors (Lipinski definition) is 10. The molecule has 8 atom stereocenters. The lowest BCUT2D eigenvalue weighted by Crippen LogP contribution is -2.61. The van der Waals surface area contributed by atoms with Crippen molar-refractivity contribution in [1.82, 2.24) is 5.32 Å². The normalized spacial score (nSPS) is 19.1. The summed E-state index contributed by atoms with van der Waals surface area (Å²) in [5.41, 5.74) is 0. The first-order valence-corrected chi connectivity index (χ1v) is 33.7. The molecule has 0 aromatic heterocycles. The third-order valence-corrected chi connectivity index (χ3v) is 15.6. The van der Waals surface area contributed by atoms with E-state index in [2.05, 4.69) is 80.8 Å². The predicted octanol–water partition coefficient (Wildman–Crippen LogP) is 16.7. The van der Waals surface area contributed by atoms with Gasteiger partial charge in [0, 0.05) is 6.42 Å². The van der Waals surface area contributed by atoms with Gasteiger partial charge in [0.05, 0.1) is 25.4 Å². The second-order valence-electron chi connectivity index (χ2n) is 23.2. The van der Waals surface area contributed by atoms with Gasteiger partial charge in [0.2, 0.25) is 5.91 Å². The minimum Gasteiger partial charge on any atom is -0.454 e. The van der Waals surface area contributed by atoms with Gasteiger partial charge in [0.1, 0.15) is 24.4 Å². The molecule has 1 aliphatic rings. The van der Waals surface area contributed by atoms with Gasteiger partial charge in [-0.05, 0) is 89.9 Å². The van der Waals surface area contributed by atoms with Gasteiger partial charge in [-0.15, -0.1) is 0 Å². The summed E-state index contributed by atoms with van der Waals surface area (Å²) in [4.78, 5) is 26.6. The Bertz CT molecular complexity index is 1590. The first-order valence-electron chi connectivity index (χ1n) is 33.7. The van der Waals surface area contributed by atoms with Crippen LogP contribution in [0.5, 0.6) is 0 Å². The highest BCUT2D eigenvalue weighted by atomic mass is 16.7. The van der Waals surface area contributed by atoms with Gasteiger partial charge < -0.3 is 45.1 Å². The van der Waals surface area contributed by atoms with Crippen LogP contribution in [0.4, 0.5) is 0 Å². The number of rotatable bonds is 57. The summed E-state index contributed by atoms with van der Waals surface area (Å²) in [6, 6.07) is -1.04. The highest BCUT2D eigenvalue weighted by molar-refractivity contribution is 5.80. The van der Waals surface area contributed by atoms with Crippen LogP contribution in [-0.4, -0.2) is 99.6 Å². The number of carbonyl (C=O) groups is 2. The molecule has 1 saturated heterocycles. The number of aliphatic hydroxyl groups is 5. The van der Waals surface area contributed by atoms with E-state index in [0.29, 0.717) is 19.3 Å². The molecule has 1 rings (SSSR count). The second-order valence-corrected chi connectivity index (χ2v) is 23.2. The maximum absolute atomic E-state index is 13.5. The van der Waals surface area contributed by atoms with Crippen molar-refractivity contribution in [2.24, 2.45) is 0 Å². The molecule has 1 amide bonds. The van der Waals surface area contributed by atoms with E-state index in [1.807, 2.05) is 12.2 Å². The van der Waals surface area contributed by atoms with Crippen LogP contribution in [0.25, 0.3) is 0 Å². The minimum absolute atomic E-state index is 0.0465. The van der Waals surface area contributed by atoms with Crippen molar-refractivity contribution in [1.29, 1.82) is 0 Å². The van der Waals surface area contributed by atoms with Crippen LogP contribution in [0, 0.1) is 0 Å². The van der Waals surface area contributed by atoms with Crippen LogP contribution < -0.4 is 5.32 Å². The number of hydrogen-bond donors (Lipinski definition) is 6. The van der Waals surface area contributed by atoms with Crippen LogP contribution in [0.3, 0.4) is 0 Å². The van der Waals surface area contributed by atoms with E-state index in [-0.39, 0.29) is 19.4 Å². The Kier molecular flexibility index (Phi) is 54.1. The smallest absolute Gasteiger partial charge is 0.306 e. The van der Waals surface area contributed by atoms with E-state index in [0.717, 1.165) is 64.2 Å². The SMILES string of the molecule is CCCCC/C=C\C/C=C\C/C=C\C/C=C\CCCC(=O)OC1C(OCC(NC(=O)C(O)CCCCCCCCCCCCCC/C=C/CCCCCCCC)C(O)/C=C/CCCCCCCCCCCCC)OC(CO)C(O)C1O. The standard InChI is InChI=1S/C70H125NO10/c1-4-7-10-13-16-19-22-25-27-29-30-31-32-33-35-36-39-42-45-48-51-54-57-63(74)69(78)71-61(62(73)56-53-50-47-44-41-38-24-21-18-15-12-9-6-3)60-79-70-68(67(77)66(76)64(59-72)80-70)81-65(75)58-55-52-49-46-43-40-37-34-28-26-23-20-17-14-11-8-5-2/h17,20,25-28,37,40,46,49,53,56,61-64,66-68,70,72-74,76-77H,4-16,18-19,21-24,29-36,38-39,41-45,47-48,50-52,54-55,57-60H2,1-3H3,(H,71,78)/b20-17-,27-25+,28-26-,40-37-,49-46-,56-53+. The lowest BCUT2D eigenvalue weighted by molar-refractivity contribution is -0.305. The Morgan fingerprint density at radius 1 is 0.481 bits per heavy atom. The zero-order valence-corrected chi connectivity index (χ0v) is 52.1. The van der Waals surface area contributed by atoms with Gasteiger partial charge in [-0.2, -0.15) is 0 Å². The molecular formula is C70H125NO10. The maximum atomic E-state index is 13.5. The predicted molar refractivity (Wildman–Crippen MR) is 338 cm³/mol. The fourth-order valence-corrected chi connectivity index (χ4v) is 10.2. The molecule has 11 nitrogen and oxygen atoms in total. The van der Waals surface area contributed by atoms with Crippen molar-refractivity contribution in [2.75, 3.05) is 13.2 Å². The fourth-order valence-electron chi connectivity index (χ4n) is 10.2. The van der Waals surface area contributed by atoms with Crippen molar-refractivity contribution < 1.29 is 49.3 Å². The van der Waals surface area contributed by atoms with Crippen LogP contribution in [-0.2, 0) is 23.8 Å². The van der Waals surface area contributed by atoms with E-state index >= 15 is 0 Å². The van der Waals surface area contributed by atoms with Crippen LogP contribution in [0.15, 0.2) is 72.9 Å². The van der Waals surface area contributed by atoms with Gasteiger partial charge in [-0.25, -0.2) is 0 Å². The van der Waals surface area contributed by atoms with Crippen molar-refractivity contribution in [2.45, 2.75) is 346 Å². The van der Waals surface area contributed by atoms with Crippen molar-refractivity contribution in [3.8, 4) is 0 Å². The molecule has 1 heterocycles. The van der Waals surface area contributed by atoms with Gasteiger partial charge in [-0.1, -0.05) is 273 Å². The molecular weight excluding hydrogens is 1010 g/mol. The van der Waals surface area contributed by atoms with Gasteiger partial charge in [0.25, 0.3) is 0 Å². The second kappa shape index (κ2) is 57.5. The summed E-state index contributed by atoms with van der Waals surface area (Å²) < 4.78 is 17.6. The molecule has 0 aromatic carbocycles. The van der Waals surface area contributed by atoms with Gasteiger partial charge >= 0.3 is 5.97 Å². The summed E-state index contributed by atoms with van der Waals surface area (Å²) in [7, 11) is 0. The Morgan fingerprint density at radius 3 is 1.31 bits per heavy atom. The first kappa shape index (κ1) is 76.1. The fraction of sp³-hybridized carbons (Fsp3) is 0.800.